The number of aromatic nitrogens is 2. The number of imidazole rings is 1. The summed E-state index contributed by atoms with van der Waals surface area (Å²) in [7, 11) is 0. The molecule has 6 nitrogen and oxygen atoms in total. The average Bonchev–Trinajstić information content (AvgIpc) is 3.19. The molecule has 0 fully saturated rings. The van der Waals surface area contributed by atoms with Gasteiger partial charge in [0.1, 0.15) is 11.3 Å². The van der Waals surface area contributed by atoms with Crippen molar-refractivity contribution in [3.05, 3.63) is 40.3 Å². The van der Waals surface area contributed by atoms with Crippen LogP contribution in [0.1, 0.15) is 48.5 Å². The van der Waals surface area contributed by atoms with Gasteiger partial charge in [-0.2, -0.15) is 0 Å². The molecule has 0 atom stereocenters. The lowest BCUT2D eigenvalue weighted by Gasteiger charge is -2.32. The molecule has 129 valence electrons. The highest BCUT2D eigenvalue weighted by Crippen LogP contribution is 2.53. The molecule has 1 aliphatic rings. The molecule has 7 heteroatoms. The number of hydroxylamine groups is 2. The highest BCUT2D eigenvalue weighted by atomic mass is 32.1. The molecule has 3 aromatic rings. The summed E-state index contributed by atoms with van der Waals surface area (Å²) in [6, 6.07) is 7.35. The number of hydrogen-bond donors (Lipinski definition) is 2. The molecule has 1 amide bonds. The number of hydrogen-bond acceptors (Lipinski definition) is 4. The second-order valence-corrected chi connectivity index (χ2v) is 8.47. The summed E-state index contributed by atoms with van der Waals surface area (Å²) in [6.45, 7) is 7.76. The lowest BCUT2D eigenvalue weighted by Crippen LogP contribution is -2.41. The summed E-state index contributed by atoms with van der Waals surface area (Å²) in [5.41, 5.74) is 7.05. The zero-order chi connectivity index (χ0) is 18.1. The van der Waals surface area contributed by atoms with E-state index in [1.165, 1.54) is 0 Å². The van der Waals surface area contributed by atoms with Gasteiger partial charge < -0.3 is 10.7 Å². The first-order chi connectivity index (χ1) is 11.6. The predicted molar refractivity (Wildman–Crippen MR) is 96.5 cm³/mol. The number of rotatable bonds is 2. The summed E-state index contributed by atoms with van der Waals surface area (Å²) in [4.78, 5) is 21.5. The summed E-state index contributed by atoms with van der Waals surface area (Å²) in [6.07, 6.45) is 0. The van der Waals surface area contributed by atoms with Crippen LogP contribution >= 0.6 is 11.3 Å². The molecule has 1 radical (unpaired) electrons. The van der Waals surface area contributed by atoms with Gasteiger partial charge in [-0.05, 0) is 51.5 Å². The Morgan fingerprint density at radius 3 is 2.60 bits per heavy atom. The number of nitrogens with two attached hydrogens (primary N) is 1. The topological polar surface area (TPSA) is 94.9 Å². The maximum Gasteiger partial charge on any atom is 0.250 e. The number of benzene rings is 1. The van der Waals surface area contributed by atoms with E-state index < -0.39 is 17.0 Å². The molecule has 0 aliphatic carbocycles. The van der Waals surface area contributed by atoms with Gasteiger partial charge in [0.2, 0.25) is 0 Å². The van der Waals surface area contributed by atoms with Gasteiger partial charge in [0.05, 0.1) is 27.0 Å². The van der Waals surface area contributed by atoms with E-state index >= 15 is 0 Å². The van der Waals surface area contributed by atoms with Crippen LogP contribution in [-0.2, 0) is 16.3 Å². The van der Waals surface area contributed by atoms with Crippen LogP contribution in [0, 0.1) is 0 Å². The number of fused-ring (bicyclic) bond motifs is 2. The Hall–Kier alpha value is -2.22. The second-order valence-electron chi connectivity index (χ2n) is 7.42. The van der Waals surface area contributed by atoms with Crippen molar-refractivity contribution in [2.45, 2.75) is 38.8 Å². The lowest BCUT2D eigenvalue weighted by atomic mass is 9.98. The molecule has 0 unspecified atom stereocenters. The minimum absolute atomic E-state index is 0.399. The Labute approximate surface area is 149 Å². The van der Waals surface area contributed by atoms with Gasteiger partial charge in [-0.1, -0.05) is 6.07 Å². The number of carbonyl (C=O) groups is 1. The summed E-state index contributed by atoms with van der Waals surface area (Å²) < 4.78 is 0. The Kier molecular flexibility index (Phi) is 3.19. The number of aromatic amines is 1. The van der Waals surface area contributed by atoms with Crippen LogP contribution in [0.15, 0.2) is 24.3 Å². The van der Waals surface area contributed by atoms with E-state index in [1.807, 2.05) is 39.8 Å². The van der Waals surface area contributed by atoms with Gasteiger partial charge in [0.25, 0.3) is 5.91 Å². The largest absolute Gasteiger partial charge is 0.366 e. The Bertz CT molecular complexity index is 982. The third-order valence-corrected chi connectivity index (χ3v) is 6.43. The molecular weight excluding hydrogens is 336 g/mol. The van der Waals surface area contributed by atoms with Crippen molar-refractivity contribution >= 4 is 28.3 Å². The van der Waals surface area contributed by atoms with Crippen molar-refractivity contribution in [1.82, 2.24) is 15.0 Å². The third kappa shape index (κ3) is 2.09. The molecule has 1 aromatic carbocycles. The van der Waals surface area contributed by atoms with E-state index in [-0.39, 0.29) is 0 Å². The van der Waals surface area contributed by atoms with Crippen LogP contribution < -0.4 is 5.73 Å². The quantitative estimate of drug-likeness (QED) is 0.736. The van der Waals surface area contributed by atoms with E-state index in [9.17, 15) is 10.0 Å². The Morgan fingerprint density at radius 2 is 1.96 bits per heavy atom. The van der Waals surface area contributed by atoms with Crippen molar-refractivity contribution in [3.63, 3.8) is 0 Å². The van der Waals surface area contributed by atoms with Gasteiger partial charge in [-0.25, -0.2) is 4.98 Å². The fraction of sp³-hybridized carbons (Fsp3) is 0.333. The van der Waals surface area contributed by atoms with Crippen molar-refractivity contribution in [2.75, 3.05) is 0 Å². The van der Waals surface area contributed by atoms with E-state index in [0.29, 0.717) is 16.9 Å². The van der Waals surface area contributed by atoms with E-state index in [1.54, 1.807) is 23.5 Å². The highest BCUT2D eigenvalue weighted by Gasteiger charge is 2.51. The van der Waals surface area contributed by atoms with Crippen LogP contribution in [0.5, 0.6) is 0 Å². The van der Waals surface area contributed by atoms with Gasteiger partial charge in [-0.15, -0.1) is 21.6 Å². The molecule has 4 rings (SSSR count). The number of thiophene rings is 1. The van der Waals surface area contributed by atoms with Crippen LogP contribution in [-0.4, -0.2) is 20.9 Å². The molecule has 0 bridgehead atoms. The van der Waals surface area contributed by atoms with Crippen LogP contribution in [0.25, 0.3) is 21.7 Å². The number of carbonyl (C=O) groups excluding carboxylic acids is 1. The predicted octanol–water partition coefficient (Wildman–Crippen LogP) is 3.52. The molecule has 0 saturated carbocycles. The van der Waals surface area contributed by atoms with E-state index in [0.717, 1.165) is 25.9 Å². The highest BCUT2D eigenvalue weighted by molar-refractivity contribution is 7.15. The second kappa shape index (κ2) is 4.91. The molecule has 3 N–H and O–H groups in total. The first-order valence-electron chi connectivity index (χ1n) is 8.05. The summed E-state index contributed by atoms with van der Waals surface area (Å²) in [5.74, 6) is 0.189. The third-order valence-electron chi connectivity index (χ3n) is 4.97. The maximum atomic E-state index is 12.6. The number of H-pyrrole nitrogens is 1. The molecule has 0 spiro atoms. The molecular formula is C18H19N4O2S. The molecule has 3 heterocycles. The SMILES string of the molecule is CC1(C)c2cc(-c3nc4c(C(N)=O)cccc4[nH]3)sc2C(C)(C)N1[O]. The van der Waals surface area contributed by atoms with Crippen molar-refractivity contribution in [3.8, 4) is 10.7 Å². The fourth-order valence-corrected chi connectivity index (χ4v) is 5.01. The van der Waals surface area contributed by atoms with Gasteiger partial charge in [-0.3, -0.25) is 4.79 Å². The first kappa shape index (κ1) is 16.3. The van der Waals surface area contributed by atoms with Crippen molar-refractivity contribution < 1.29 is 10.0 Å². The van der Waals surface area contributed by atoms with Gasteiger partial charge >= 0.3 is 0 Å². The van der Waals surface area contributed by atoms with Crippen molar-refractivity contribution in [1.29, 1.82) is 0 Å². The lowest BCUT2D eigenvalue weighted by molar-refractivity contribution is -0.265. The van der Waals surface area contributed by atoms with E-state index in [2.05, 4.69) is 9.97 Å². The minimum Gasteiger partial charge on any atom is -0.366 e. The van der Waals surface area contributed by atoms with Crippen LogP contribution in [0.3, 0.4) is 0 Å². The maximum absolute atomic E-state index is 12.6. The first-order valence-corrected chi connectivity index (χ1v) is 8.87. The van der Waals surface area contributed by atoms with E-state index in [4.69, 9.17) is 5.73 Å². The minimum atomic E-state index is -0.585. The molecule has 2 aromatic heterocycles. The zero-order valence-electron chi connectivity index (χ0n) is 14.5. The summed E-state index contributed by atoms with van der Waals surface area (Å²) >= 11 is 1.57. The smallest absolute Gasteiger partial charge is 0.250 e. The number of primary amides is 1. The van der Waals surface area contributed by atoms with Gasteiger partial charge in [0, 0.05) is 4.88 Å². The van der Waals surface area contributed by atoms with Gasteiger partial charge in [0.15, 0.2) is 0 Å². The average molecular weight is 355 g/mol. The normalized spacial score (nSPS) is 18.6. The van der Waals surface area contributed by atoms with Crippen LogP contribution in [0.4, 0.5) is 0 Å². The molecule has 25 heavy (non-hydrogen) atoms. The number of nitrogens with zero attached hydrogens (tertiary/aromatic N) is 2. The number of amides is 1. The summed E-state index contributed by atoms with van der Waals surface area (Å²) in [5, 5.41) is 13.8. The Balaban J connectivity index is 1.89. The molecule has 1 aliphatic heterocycles. The number of nitrogens with one attached hydrogen (secondary N) is 1. The monoisotopic (exact) mass is 355 g/mol. The molecule has 0 saturated heterocycles. The zero-order valence-corrected chi connectivity index (χ0v) is 15.3. The fourth-order valence-electron chi connectivity index (χ4n) is 3.66. The Morgan fingerprint density at radius 1 is 1.24 bits per heavy atom. The van der Waals surface area contributed by atoms with Crippen molar-refractivity contribution in [2.24, 2.45) is 5.73 Å². The number of para-hydroxylation sites is 1. The standard InChI is InChI=1S/C18H19N4O2S/c1-17(2)10-8-12(25-14(10)18(3,4)22(17)24)16-20-11-7-5-6-9(15(19)23)13(11)21-16/h5-8H,1-4H3,(H2,19,23)(H,20,21). The van der Waals surface area contributed by atoms with Crippen LogP contribution in [0.2, 0.25) is 0 Å².